The maximum atomic E-state index is 5.66. The van der Waals surface area contributed by atoms with Crippen molar-refractivity contribution in [3.8, 4) is 5.69 Å². The van der Waals surface area contributed by atoms with Crippen molar-refractivity contribution in [1.82, 2.24) is 19.2 Å². The van der Waals surface area contributed by atoms with Crippen LogP contribution in [0.15, 0.2) is 36.7 Å². The maximum Gasteiger partial charge on any atom is 0.203 e. The van der Waals surface area contributed by atoms with Crippen molar-refractivity contribution in [2.45, 2.75) is 51.2 Å². The summed E-state index contributed by atoms with van der Waals surface area (Å²) in [6, 6.07) is 11.0. The molecule has 4 rings (SSSR count). The Morgan fingerprint density at radius 1 is 1.04 bits per heavy atom. The molecule has 1 aliphatic heterocycles. The molecule has 0 bridgehead atoms. The normalized spacial score (nSPS) is 25.2. The van der Waals surface area contributed by atoms with Crippen LogP contribution in [0.1, 0.15) is 38.5 Å². The quantitative estimate of drug-likeness (QED) is 0.796. The van der Waals surface area contributed by atoms with Gasteiger partial charge in [0.15, 0.2) is 0 Å². The molecule has 5 heteroatoms. The summed E-state index contributed by atoms with van der Waals surface area (Å²) >= 11 is 5.66. The Bertz CT molecular complexity index is 703. The Kier molecular flexibility index (Phi) is 4.31. The van der Waals surface area contributed by atoms with E-state index in [1.54, 1.807) is 0 Å². The van der Waals surface area contributed by atoms with E-state index in [4.69, 9.17) is 12.2 Å². The molecule has 2 atom stereocenters. The first-order valence-corrected chi connectivity index (χ1v) is 9.18. The summed E-state index contributed by atoms with van der Waals surface area (Å²) < 4.78 is 4.77. The van der Waals surface area contributed by atoms with Crippen LogP contribution in [0, 0.1) is 10.7 Å². The minimum Gasteiger partial charge on any atom is -0.281 e. The van der Waals surface area contributed by atoms with Crippen molar-refractivity contribution in [2.75, 3.05) is 6.54 Å². The summed E-state index contributed by atoms with van der Waals surface area (Å²) in [4.78, 5) is 2.62. The summed E-state index contributed by atoms with van der Waals surface area (Å²) in [7, 11) is 0. The number of benzene rings is 1. The Hall–Kier alpha value is -1.46. The lowest BCUT2D eigenvalue weighted by molar-refractivity contribution is 0.0323. The first-order valence-electron chi connectivity index (χ1n) is 8.77. The van der Waals surface area contributed by atoms with E-state index in [0.717, 1.165) is 29.1 Å². The number of rotatable bonds is 3. The molecule has 1 aliphatic carbocycles. The molecule has 0 spiro atoms. The number of likely N-dealkylation sites (tertiary alicyclic amines) is 1. The third kappa shape index (κ3) is 3.00. The zero-order chi connectivity index (χ0) is 15.6. The number of nitrogens with zero attached hydrogens (tertiary/aromatic N) is 4. The zero-order valence-corrected chi connectivity index (χ0v) is 14.3. The lowest BCUT2D eigenvalue weighted by atomic mass is 9.78. The highest BCUT2D eigenvalue weighted by Crippen LogP contribution is 2.35. The number of piperidine rings is 1. The molecule has 1 aromatic heterocycles. The first-order chi connectivity index (χ1) is 11.3. The van der Waals surface area contributed by atoms with Gasteiger partial charge in [-0.05, 0) is 56.0 Å². The van der Waals surface area contributed by atoms with Gasteiger partial charge in [0.25, 0.3) is 0 Å². The summed E-state index contributed by atoms with van der Waals surface area (Å²) in [6.45, 7) is 2.01. The van der Waals surface area contributed by atoms with Gasteiger partial charge in [-0.1, -0.05) is 31.0 Å². The minimum atomic E-state index is 0.737. The molecule has 2 fully saturated rings. The van der Waals surface area contributed by atoms with E-state index in [-0.39, 0.29) is 0 Å². The van der Waals surface area contributed by atoms with Crippen molar-refractivity contribution in [2.24, 2.45) is 5.92 Å². The summed E-state index contributed by atoms with van der Waals surface area (Å²) in [6.07, 6.45) is 10.1. The van der Waals surface area contributed by atoms with Gasteiger partial charge in [-0.3, -0.25) is 9.47 Å². The molecule has 23 heavy (non-hydrogen) atoms. The van der Waals surface area contributed by atoms with Crippen LogP contribution in [0.25, 0.3) is 5.69 Å². The molecule has 0 unspecified atom stereocenters. The number of aromatic nitrogens is 3. The van der Waals surface area contributed by atoms with Gasteiger partial charge in [-0.25, -0.2) is 4.68 Å². The van der Waals surface area contributed by atoms with Crippen molar-refractivity contribution in [1.29, 1.82) is 0 Å². The second-order valence-electron chi connectivity index (χ2n) is 6.83. The van der Waals surface area contributed by atoms with Crippen LogP contribution >= 0.6 is 12.2 Å². The Balaban J connectivity index is 1.55. The van der Waals surface area contributed by atoms with Gasteiger partial charge < -0.3 is 0 Å². The number of para-hydroxylation sites is 1. The molecule has 122 valence electrons. The third-order valence-corrected chi connectivity index (χ3v) is 5.85. The van der Waals surface area contributed by atoms with Crippen LogP contribution in [-0.2, 0) is 6.67 Å². The van der Waals surface area contributed by atoms with E-state index in [0.29, 0.717) is 0 Å². The van der Waals surface area contributed by atoms with Gasteiger partial charge in [-0.2, -0.15) is 5.10 Å². The summed E-state index contributed by atoms with van der Waals surface area (Å²) in [5.41, 5.74) is 1.08. The van der Waals surface area contributed by atoms with E-state index in [9.17, 15) is 0 Å². The zero-order valence-electron chi connectivity index (χ0n) is 13.5. The first kappa shape index (κ1) is 15.1. The van der Waals surface area contributed by atoms with Gasteiger partial charge in [0.1, 0.15) is 6.33 Å². The van der Waals surface area contributed by atoms with E-state index in [1.165, 1.54) is 45.1 Å². The van der Waals surface area contributed by atoms with Gasteiger partial charge in [-0.15, -0.1) is 0 Å². The average Bonchev–Trinajstić information content (AvgIpc) is 2.97. The van der Waals surface area contributed by atoms with Crippen molar-refractivity contribution in [3.63, 3.8) is 0 Å². The molecule has 0 N–H and O–H groups in total. The van der Waals surface area contributed by atoms with Crippen LogP contribution in [0.3, 0.4) is 0 Å². The second kappa shape index (κ2) is 6.57. The fourth-order valence-corrected chi connectivity index (χ4v) is 4.53. The molecule has 0 radical (unpaired) electrons. The van der Waals surface area contributed by atoms with E-state index in [2.05, 4.69) is 22.1 Å². The van der Waals surface area contributed by atoms with Crippen LogP contribution in [0.5, 0.6) is 0 Å². The van der Waals surface area contributed by atoms with Crippen molar-refractivity contribution in [3.05, 3.63) is 41.4 Å². The lowest BCUT2D eigenvalue weighted by Crippen LogP contribution is -2.47. The molecule has 2 heterocycles. The molecule has 2 aromatic rings. The fraction of sp³-hybridized carbons (Fsp3) is 0.556. The molecule has 1 saturated carbocycles. The summed E-state index contributed by atoms with van der Waals surface area (Å²) in [5, 5.41) is 4.56. The molecule has 1 saturated heterocycles. The molecule has 1 aromatic carbocycles. The standard InChI is InChI=1S/C18H24N4S/c23-18-21(16-9-2-1-3-10-16)13-19-22(18)14-20-12-6-8-15-7-4-5-11-17(15)20/h1-3,9-10,13,15,17H,4-8,11-12,14H2/t15-,17-/m0/s1. The fourth-order valence-electron chi connectivity index (χ4n) is 4.28. The Labute approximate surface area is 142 Å². The number of fused-ring (bicyclic) bond motifs is 1. The molecule has 0 amide bonds. The molecule has 4 nitrogen and oxygen atoms in total. The largest absolute Gasteiger partial charge is 0.281 e. The molecular formula is C18H24N4S. The Morgan fingerprint density at radius 2 is 1.83 bits per heavy atom. The van der Waals surface area contributed by atoms with Crippen LogP contribution < -0.4 is 0 Å². The van der Waals surface area contributed by atoms with Crippen LogP contribution in [0.2, 0.25) is 0 Å². The smallest absolute Gasteiger partial charge is 0.203 e. The van der Waals surface area contributed by atoms with Gasteiger partial charge >= 0.3 is 0 Å². The topological polar surface area (TPSA) is 26.0 Å². The van der Waals surface area contributed by atoms with Crippen LogP contribution in [-0.4, -0.2) is 31.8 Å². The van der Waals surface area contributed by atoms with E-state index in [1.807, 2.05) is 33.8 Å². The Morgan fingerprint density at radius 3 is 2.70 bits per heavy atom. The number of hydrogen-bond donors (Lipinski definition) is 0. The SMILES string of the molecule is S=c1n(-c2ccccc2)cnn1CN1CCC[C@@H]2CCCC[C@@H]21. The highest BCUT2D eigenvalue weighted by Gasteiger charge is 2.33. The van der Waals surface area contributed by atoms with Gasteiger partial charge in [0.05, 0.1) is 6.67 Å². The minimum absolute atomic E-state index is 0.737. The second-order valence-corrected chi connectivity index (χ2v) is 7.19. The molecule has 2 aliphatic rings. The third-order valence-electron chi connectivity index (χ3n) is 5.44. The number of hydrogen-bond acceptors (Lipinski definition) is 3. The van der Waals surface area contributed by atoms with Crippen molar-refractivity contribution >= 4 is 12.2 Å². The monoisotopic (exact) mass is 328 g/mol. The van der Waals surface area contributed by atoms with E-state index >= 15 is 0 Å². The highest BCUT2D eigenvalue weighted by molar-refractivity contribution is 7.71. The van der Waals surface area contributed by atoms with Crippen LogP contribution in [0.4, 0.5) is 0 Å². The lowest BCUT2D eigenvalue weighted by Gasteiger charge is -2.43. The van der Waals surface area contributed by atoms with Crippen molar-refractivity contribution < 1.29 is 0 Å². The molecular weight excluding hydrogens is 304 g/mol. The van der Waals surface area contributed by atoms with Gasteiger partial charge in [0.2, 0.25) is 4.77 Å². The van der Waals surface area contributed by atoms with E-state index < -0.39 is 0 Å². The highest BCUT2D eigenvalue weighted by atomic mass is 32.1. The van der Waals surface area contributed by atoms with Gasteiger partial charge in [0, 0.05) is 18.3 Å². The predicted molar refractivity (Wildman–Crippen MR) is 94.1 cm³/mol. The summed E-state index contributed by atoms with van der Waals surface area (Å²) in [5.74, 6) is 0.892. The predicted octanol–water partition coefficient (Wildman–Crippen LogP) is 4.02. The maximum absolute atomic E-state index is 5.66. The average molecular weight is 328 g/mol.